The van der Waals surface area contributed by atoms with Crippen LogP contribution in [0, 0.1) is 0 Å². The number of aromatic nitrogens is 2. The zero-order valence-electron chi connectivity index (χ0n) is 24.4. The highest BCUT2D eigenvalue weighted by molar-refractivity contribution is 9.10. The summed E-state index contributed by atoms with van der Waals surface area (Å²) < 4.78 is 6.00. The molecule has 0 aliphatic heterocycles. The fourth-order valence-electron chi connectivity index (χ4n) is 7.00. The molecule has 0 N–H and O–H groups in total. The Hall–Kier alpha value is -5.38. The van der Waals surface area contributed by atoms with E-state index in [1.54, 1.807) is 0 Å². The van der Waals surface area contributed by atoms with Gasteiger partial charge in [0.15, 0.2) is 0 Å². The van der Waals surface area contributed by atoms with E-state index >= 15 is 0 Å². The molecule has 0 aliphatic carbocycles. The summed E-state index contributed by atoms with van der Waals surface area (Å²) in [6.07, 6.45) is 0. The second kappa shape index (κ2) is 10.4. The number of benzene rings is 7. The summed E-state index contributed by atoms with van der Waals surface area (Å²) in [7, 11) is 0. The smallest absolute Gasteiger partial charge is 0.0795 e. The van der Waals surface area contributed by atoms with Gasteiger partial charge in [-0.2, -0.15) is 0 Å². The minimum absolute atomic E-state index is 1.09. The van der Waals surface area contributed by atoms with Crippen LogP contribution >= 0.6 is 15.9 Å². The number of fused-ring (bicyclic) bond motifs is 7. The van der Waals surface area contributed by atoms with E-state index in [2.05, 4.69) is 189 Å². The lowest BCUT2D eigenvalue weighted by molar-refractivity contribution is 1.15. The average molecular weight is 640 g/mol. The maximum absolute atomic E-state index is 3.57. The highest BCUT2D eigenvalue weighted by atomic mass is 79.9. The molecule has 0 aliphatic rings. The van der Waals surface area contributed by atoms with Crippen molar-refractivity contribution >= 4 is 59.5 Å². The van der Waals surface area contributed by atoms with E-state index in [0.29, 0.717) is 0 Å². The fraction of sp³-hybridized carbons (Fsp3) is 0. The zero-order valence-corrected chi connectivity index (χ0v) is 25.9. The molecule has 3 heteroatoms. The van der Waals surface area contributed by atoms with Crippen LogP contribution in [0.25, 0.3) is 77.2 Å². The van der Waals surface area contributed by atoms with Crippen LogP contribution < -0.4 is 0 Å². The quantitative estimate of drug-likeness (QED) is 0.181. The zero-order chi connectivity index (χ0) is 29.9. The molecule has 0 fully saturated rings. The third-order valence-electron chi connectivity index (χ3n) is 8.97. The molecule has 2 aromatic heterocycles. The Morgan fingerprint density at radius 2 is 0.844 bits per heavy atom. The second-order valence-electron chi connectivity index (χ2n) is 11.5. The van der Waals surface area contributed by atoms with Gasteiger partial charge in [0.05, 0.1) is 22.1 Å². The first-order valence-corrected chi connectivity index (χ1v) is 16.0. The van der Waals surface area contributed by atoms with Crippen molar-refractivity contribution < 1.29 is 0 Å². The first-order chi connectivity index (χ1) is 22.3. The molecule has 0 unspecified atom stereocenters. The second-order valence-corrected chi connectivity index (χ2v) is 12.4. The summed E-state index contributed by atoms with van der Waals surface area (Å²) in [5.74, 6) is 0. The molecule has 9 aromatic rings. The third kappa shape index (κ3) is 4.08. The van der Waals surface area contributed by atoms with Crippen LogP contribution in [-0.2, 0) is 0 Å². The molecule has 45 heavy (non-hydrogen) atoms. The van der Waals surface area contributed by atoms with Gasteiger partial charge < -0.3 is 9.13 Å². The van der Waals surface area contributed by atoms with Gasteiger partial charge in [-0.15, -0.1) is 0 Å². The van der Waals surface area contributed by atoms with Gasteiger partial charge in [0.2, 0.25) is 0 Å². The van der Waals surface area contributed by atoms with Crippen molar-refractivity contribution in [2.24, 2.45) is 0 Å². The normalized spacial score (nSPS) is 11.7. The summed E-state index contributed by atoms with van der Waals surface area (Å²) in [4.78, 5) is 0. The van der Waals surface area contributed by atoms with Crippen molar-refractivity contribution in [2.75, 3.05) is 0 Å². The van der Waals surface area contributed by atoms with Crippen LogP contribution in [0.1, 0.15) is 0 Å². The third-order valence-corrected chi connectivity index (χ3v) is 9.50. The van der Waals surface area contributed by atoms with E-state index < -0.39 is 0 Å². The predicted molar refractivity (Wildman–Crippen MR) is 194 cm³/mol. The van der Waals surface area contributed by atoms with Gasteiger partial charge in [-0.3, -0.25) is 0 Å². The Morgan fingerprint density at radius 3 is 1.47 bits per heavy atom. The molecule has 0 spiro atoms. The molecule has 0 radical (unpaired) electrons. The van der Waals surface area contributed by atoms with Gasteiger partial charge in [0, 0.05) is 37.4 Å². The lowest BCUT2D eigenvalue weighted by Crippen LogP contribution is -1.98. The fourth-order valence-corrected chi connectivity index (χ4v) is 7.26. The number of rotatable bonds is 4. The SMILES string of the molecule is Brc1ccc(-c2ccc(-c3cc4c5ccccc5n(-c5ccccc5)c4c4c3c3ccccc3n4-c3ccccc3)cc2)cc1. The Labute approximate surface area is 269 Å². The van der Waals surface area contributed by atoms with E-state index in [1.807, 2.05) is 0 Å². The summed E-state index contributed by atoms with van der Waals surface area (Å²) in [5, 5.41) is 5.00. The molecule has 212 valence electrons. The van der Waals surface area contributed by atoms with Crippen molar-refractivity contribution in [1.29, 1.82) is 0 Å². The van der Waals surface area contributed by atoms with Crippen LogP contribution in [0.3, 0.4) is 0 Å². The van der Waals surface area contributed by atoms with Crippen LogP contribution in [0.15, 0.2) is 168 Å². The number of hydrogen-bond acceptors (Lipinski definition) is 0. The summed E-state index contributed by atoms with van der Waals surface area (Å²) in [6, 6.07) is 59.2. The Bertz CT molecular complexity index is 2500. The molecule has 0 bridgehead atoms. The number of nitrogens with zero attached hydrogens (tertiary/aromatic N) is 2. The molecule has 2 heterocycles. The number of para-hydroxylation sites is 4. The van der Waals surface area contributed by atoms with Gasteiger partial charge in [-0.1, -0.05) is 125 Å². The summed E-state index contributed by atoms with van der Waals surface area (Å²) >= 11 is 3.57. The number of hydrogen-bond donors (Lipinski definition) is 0. The summed E-state index contributed by atoms with van der Waals surface area (Å²) in [6.45, 7) is 0. The van der Waals surface area contributed by atoms with E-state index in [1.165, 1.54) is 65.9 Å². The lowest BCUT2D eigenvalue weighted by atomic mass is 9.95. The Morgan fingerprint density at radius 1 is 0.378 bits per heavy atom. The van der Waals surface area contributed by atoms with E-state index in [4.69, 9.17) is 0 Å². The molecular formula is C42H27BrN2. The van der Waals surface area contributed by atoms with E-state index in [0.717, 1.165) is 15.8 Å². The van der Waals surface area contributed by atoms with Crippen molar-refractivity contribution in [3.05, 3.63) is 168 Å². The van der Waals surface area contributed by atoms with Crippen LogP contribution in [0.2, 0.25) is 0 Å². The van der Waals surface area contributed by atoms with Crippen LogP contribution in [0.5, 0.6) is 0 Å². The van der Waals surface area contributed by atoms with E-state index in [-0.39, 0.29) is 0 Å². The average Bonchev–Trinajstić information content (AvgIpc) is 3.63. The Kier molecular flexibility index (Phi) is 6.00. The molecule has 0 atom stereocenters. The molecular weight excluding hydrogens is 612 g/mol. The summed E-state index contributed by atoms with van der Waals surface area (Å²) in [5.41, 5.74) is 12.0. The Balaban J connectivity index is 1.46. The van der Waals surface area contributed by atoms with Crippen molar-refractivity contribution in [2.45, 2.75) is 0 Å². The van der Waals surface area contributed by atoms with Crippen LogP contribution in [-0.4, -0.2) is 9.13 Å². The van der Waals surface area contributed by atoms with Gasteiger partial charge in [0.25, 0.3) is 0 Å². The first kappa shape index (κ1) is 26.1. The highest BCUT2D eigenvalue weighted by Gasteiger charge is 2.24. The maximum atomic E-state index is 3.57. The predicted octanol–water partition coefficient (Wildman–Crippen LogP) is 12.0. The van der Waals surface area contributed by atoms with Crippen LogP contribution in [0.4, 0.5) is 0 Å². The molecule has 0 amide bonds. The van der Waals surface area contributed by atoms with Crippen molar-refractivity contribution in [1.82, 2.24) is 9.13 Å². The highest BCUT2D eigenvalue weighted by Crippen LogP contribution is 2.46. The van der Waals surface area contributed by atoms with Gasteiger partial charge in [-0.05, 0) is 76.9 Å². The van der Waals surface area contributed by atoms with Gasteiger partial charge in [-0.25, -0.2) is 0 Å². The van der Waals surface area contributed by atoms with Crippen molar-refractivity contribution in [3.8, 4) is 33.6 Å². The molecule has 2 nitrogen and oxygen atoms in total. The largest absolute Gasteiger partial charge is 0.307 e. The van der Waals surface area contributed by atoms with Crippen molar-refractivity contribution in [3.63, 3.8) is 0 Å². The topological polar surface area (TPSA) is 9.86 Å². The van der Waals surface area contributed by atoms with Gasteiger partial charge >= 0.3 is 0 Å². The lowest BCUT2D eigenvalue weighted by Gasteiger charge is -2.14. The van der Waals surface area contributed by atoms with Gasteiger partial charge in [0.1, 0.15) is 0 Å². The standard InChI is InChI=1S/C42H27BrN2/c43-31-25-23-29(24-26-31)28-19-21-30(22-20-28)36-27-37-34-15-7-9-17-38(34)44(32-11-3-1-4-12-32)41(37)42-40(36)35-16-8-10-18-39(35)45(42)33-13-5-2-6-14-33/h1-27H. The molecule has 9 rings (SSSR count). The minimum atomic E-state index is 1.09. The molecule has 7 aromatic carbocycles. The maximum Gasteiger partial charge on any atom is 0.0795 e. The monoisotopic (exact) mass is 638 g/mol. The number of halogens is 1. The first-order valence-electron chi connectivity index (χ1n) is 15.2. The molecule has 0 saturated carbocycles. The minimum Gasteiger partial charge on any atom is -0.307 e. The van der Waals surface area contributed by atoms with E-state index in [9.17, 15) is 0 Å². The molecule has 0 saturated heterocycles.